The molecule has 0 amide bonds. The van der Waals surface area contributed by atoms with Crippen molar-refractivity contribution in [3.63, 3.8) is 0 Å². The summed E-state index contributed by atoms with van der Waals surface area (Å²) in [6.45, 7) is 2.79. The van der Waals surface area contributed by atoms with E-state index in [1.807, 2.05) is 16.2 Å². The number of unbranched alkanes of at least 4 members (excludes halogenated alkanes) is 7. The van der Waals surface area contributed by atoms with Crippen molar-refractivity contribution in [2.45, 2.75) is 76.7 Å². The van der Waals surface area contributed by atoms with E-state index in [9.17, 15) is 4.79 Å². The van der Waals surface area contributed by atoms with Crippen LogP contribution in [0, 0.1) is 0 Å². The molecule has 0 bridgehead atoms. The lowest BCUT2D eigenvalue weighted by molar-refractivity contribution is 0.369. The number of rotatable bonds is 11. The molecule has 28 heavy (non-hydrogen) atoms. The van der Waals surface area contributed by atoms with E-state index in [0.717, 1.165) is 49.9 Å². The molecule has 0 spiro atoms. The molecule has 1 saturated heterocycles. The average molecular weight is 387 g/mol. The third-order valence-electron chi connectivity index (χ3n) is 6.21. The molecule has 1 atom stereocenters. The second-order valence-corrected chi connectivity index (χ2v) is 8.40. The summed E-state index contributed by atoms with van der Waals surface area (Å²) in [6, 6.07) is 6.90. The fraction of sp³-hybridized carbons (Fsp3) is 0.696. The van der Waals surface area contributed by atoms with Crippen molar-refractivity contribution in [2.24, 2.45) is 12.8 Å². The van der Waals surface area contributed by atoms with E-state index < -0.39 is 0 Å². The maximum absolute atomic E-state index is 12.8. The van der Waals surface area contributed by atoms with Crippen LogP contribution in [0.15, 0.2) is 23.0 Å². The van der Waals surface area contributed by atoms with Crippen LogP contribution in [0.25, 0.3) is 11.0 Å². The standard InChI is InChI=1S/C23H38N4O/c1-26-22-17-19(11-8-6-4-2-3-5-7-9-15-24)13-14-21(22)27(23(26)28)20-12-10-16-25-18-20/h13-14,17,20,25H,2-12,15-16,18,24H2,1H3. The molecule has 1 aromatic heterocycles. The first-order valence-corrected chi connectivity index (χ1v) is 11.3. The number of aromatic nitrogens is 2. The number of piperidine rings is 1. The number of nitrogens with zero attached hydrogens (tertiary/aromatic N) is 2. The third-order valence-corrected chi connectivity index (χ3v) is 6.21. The second-order valence-electron chi connectivity index (χ2n) is 8.40. The fourth-order valence-electron chi connectivity index (χ4n) is 4.51. The number of fused-ring (bicyclic) bond motifs is 1. The van der Waals surface area contributed by atoms with Gasteiger partial charge in [-0.15, -0.1) is 0 Å². The molecule has 1 aromatic carbocycles. The van der Waals surface area contributed by atoms with Gasteiger partial charge >= 0.3 is 5.69 Å². The summed E-state index contributed by atoms with van der Waals surface area (Å²) in [5.41, 5.74) is 9.17. The molecule has 5 nitrogen and oxygen atoms in total. The minimum Gasteiger partial charge on any atom is -0.330 e. The van der Waals surface area contributed by atoms with Gasteiger partial charge < -0.3 is 11.1 Å². The Labute approximate surface area is 169 Å². The summed E-state index contributed by atoms with van der Waals surface area (Å²) < 4.78 is 3.84. The Morgan fingerprint density at radius 1 is 1.04 bits per heavy atom. The van der Waals surface area contributed by atoms with Crippen LogP contribution in [-0.4, -0.2) is 28.8 Å². The molecule has 156 valence electrons. The largest absolute Gasteiger partial charge is 0.330 e. The summed E-state index contributed by atoms with van der Waals surface area (Å²) in [6.07, 6.45) is 13.7. The molecule has 1 unspecified atom stereocenters. The maximum Gasteiger partial charge on any atom is 0.329 e. The molecule has 3 N–H and O–H groups in total. The quantitative estimate of drug-likeness (QED) is 0.576. The Bertz CT molecular complexity index is 786. The molecule has 3 rings (SSSR count). The fourth-order valence-corrected chi connectivity index (χ4v) is 4.51. The molecule has 1 aliphatic heterocycles. The normalized spacial score (nSPS) is 17.4. The lowest BCUT2D eigenvalue weighted by Crippen LogP contribution is -2.36. The van der Waals surface area contributed by atoms with Gasteiger partial charge in [-0.1, -0.05) is 44.6 Å². The zero-order valence-electron chi connectivity index (χ0n) is 17.6. The smallest absolute Gasteiger partial charge is 0.329 e. The van der Waals surface area contributed by atoms with Gasteiger partial charge in [0.15, 0.2) is 0 Å². The van der Waals surface area contributed by atoms with E-state index >= 15 is 0 Å². The highest BCUT2D eigenvalue weighted by molar-refractivity contribution is 5.77. The summed E-state index contributed by atoms with van der Waals surface area (Å²) in [4.78, 5) is 12.8. The maximum atomic E-state index is 12.8. The van der Waals surface area contributed by atoms with Crippen LogP contribution in [0.3, 0.4) is 0 Å². The van der Waals surface area contributed by atoms with Gasteiger partial charge in [-0.2, -0.15) is 0 Å². The van der Waals surface area contributed by atoms with Crippen LogP contribution in [-0.2, 0) is 13.5 Å². The Kier molecular flexibility index (Phi) is 8.16. The molecule has 2 aromatic rings. The van der Waals surface area contributed by atoms with Crippen molar-refractivity contribution < 1.29 is 0 Å². The van der Waals surface area contributed by atoms with Crippen molar-refractivity contribution in [2.75, 3.05) is 19.6 Å². The number of nitrogens with one attached hydrogen (secondary N) is 1. The molecule has 0 saturated carbocycles. The lowest BCUT2D eigenvalue weighted by atomic mass is 10.0. The number of hydrogen-bond donors (Lipinski definition) is 2. The van der Waals surface area contributed by atoms with Crippen molar-refractivity contribution in [3.8, 4) is 0 Å². The van der Waals surface area contributed by atoms with Crippen molar-refractivity contribution in [1.29, 1.82) is 0 Å². The van der Waals surface area contributed by atoms with E-state index in [-0.39, 0.29) is 11.7 Å². The summed E-state index contributed by atoms with van der Waals surface area (Å²) in [7, 11) is 1.91. The molecular formula is C23H38N4O. The van der Waals surface area contributed by atoms with Gasteiger partial charge in [0.05, 0.1) is 17.1 Å². The molecule has 1 aliphatic rings. The number of benzene rings is 1. The molecule has 0 radical (unpaired) electrons. The van der Waals surface area contributed by atoms with E-state index in [4.69, 9.17) is 5.73 Å². The molecule has 0 aliphatic carbocycles. The zero-order chi connectivity index (χ0) is 19.8. The van der Waals surface area contributed by atoms with Crippen LogP contribution in [0.4, 0.5) is 0 Å². The first-order chi connectivity index (χ1) is 13.7. The summed E-state index contributed by atoms with van der Waals surface area (Å²) in [5.74, 6) is 0. The highest BCUT2D eigenvalue weighted by Gasteiger charge is 2.21. The molecule has 5 heteroatoms. The van der Waals surface area contributed by atoms with E-state index in [2.05, 4.69) is 23.5 Å². The van der Waals surface area contributed by atoms with Crippen LogP contribution < -0.4 is 16.7 Å². The first-order valence-electron chi connectivity index (χ1n) is 11.3. The Balaban J connectivity index is 1.53. The highest BCUT2D eigenvalue weighted by Crippen LogP contribution is 2.23. The van der Waals surface area contributed by atoms with Gasteiger partial charge in [0.1, 0.15) is 0 Å². The van der Waals surface area contributed by atoms with Crippen molar-refractivity contribution in [3.05, 3.63) is 34.2 Å². The SMILES string of the molecule is Cn1c(=O)n(C2CCCNC2)c2ccc(CCCCCCCCCCN)cc21. The monoisotopic (exact) mass is 386 g/mol. The third kappa shape index (κ3) is 5.26. The summed E-state index contributed by atoms with van der Waals surface area (Å²) in [5, 5.41) is 3.43. The van der Waals surface area contributed by atoms with Crippen LogP contribution in [0.1, 0.15) is 75.8 Å². The van der Waals surface area contributed by atoms with Gasteiger partial charge in [0.2, 0.25) is 0 Å². The predicted molar refractivity (Wildman–Crippen MR) is 118 cm³/mol. The van der Waals surface area contributed by atoms with Gasteiger partial charge in [-0.25, -0.2) is 4.79 Å². The second kappa shape index (κ2) is 10.8. The Morgan fingerprint density at radius 3 is 2.43 bits per heavy atom. The van der Waals surface area contributed by atoms with Crippen LogP contribution in [0.5, 0.6) is 0 Å². The van der Waals surface area contributed by atoms with Crippen LogP contribution in [0.2, 0.25) is 0 Å². The minimum absolute atomic E-state index is 0.121. The van der Waals surface area contributed by atoms with E-state index in [0.29, 0.717) is 0 Å². The Hall–Kier alpha value is -1.59. The number of nitrogens with two attached hydrogens (primary N) is 1. The van der Waals surface area contributed by atoms with E-state index in [1.54, 1.807) is 0 Å². The van der Waals surface area contributed by atoms with Gasteiger partial charge in [0, 0.05) is 13.6 Å². The lowest BCUT2D eigenvalue weighted by Gasteiger charge is -2.24. The number of hydrogen-bond acceptors (Lipinski definition) is 3. The first kappa shape index (κ1) is 21.1. The molecule has 2 heterocycles. The average Bonchev–Trinajstić information content (AvgIpc) is 2.97. The Morgan fingerprint density at radius 2 is 1.75 bits per heavy atom. The van der Waals surface area contributed by atoms with Crippen molar-refractivity contribution >= 4 is 11.0 Å². The molecule has 1 fully saturated rings. The van der Waals surface area contributed by atoms with Gasteiger partial charge in [-0.05, 0) is 62.9 Å². The van der Waals surface area contributed by atoms with Crippen molar-refractivity contribution in [1.82, 2.24) is 14.5 Å². The zero-order valence-corrected chi connectivity index (χ0v) is 17.6. The van der Waals surface area contributed by atoms with Crippen LogP contribution >= 0.6 is 0 Å². The number of imidazole rings is 1. The summed E-state index contributed by atoms with van der Waals surface area (Å²) >= 11 is 0. The minimum atomic E-state index is 0.121. The molecular weight excluding hydrogens is 348 g/mol. The highest BCUT2D eigenvalue weighted by atomic mass is 16.1. The van der Waals surface area contributed by atoms with E-state index in [1.165, 1.54) is 56.9 Å². The topological polar surface area (TPSA) is 65.0 Å². The van der Waals surface area contributed by atoms with Gasteiger partial charge in [0.25, 0.3) is 0 Å². The predicted octanol–water partition coefficient (Wildman–Crippen LogP) is 3.89. The number of aryl methyl sites for hydroxylation is 2. The van der Waals surface area contributed by atoms with Gasteiger partial charge in [-0.3, -0.25) is 9.13 Å².